The minimum atomic E-state index is -0.0908. The van der Waals surface area contributed by atoms with E-state index in [0.717, 1.165) is 135 Å². The predicted molar refractivity (Wildman–Crippen MR) is 416 cm³/mol. The summed E-state index contributed by atoms with van der Waals surface area (Å²) in [6.45, 7) is 22.5. The van der Waals surface area contributed by atoms with Crippen molar-refractivity contribution in [1.29, 1.82) is 0 Å². The van der Waals surface area contributed by atoms with Crippen LogP contribution < -0.4 is 15.4 Å². The molecule has 556 valence electrons. The van der Waals surface area contributed by atoms with E-state index >= 15 is 0 Å². The van der Waals surface area contributed by atoms with Gasteiger partial charge in [0.15, 0.2) is 50.7 Å². The van der Waals surface area contributed by atoms with Crippen LogP contribution in [-0.4, -0.2) is 115 Å². The van der Waals surface area contributed by atoms with Crippen molar-refractivity contribution in [2.45, 2.75) is 261 Å². The molecule has 0 aromatic carbocycles. The number of aromatic nitrogens is 15. The summed E-state index contributed by atoms with van der Waals surface area (Å²) in [5.41, 5.74) is 12.4. The highest BCUT2D eigenvalue weighted by molar-refractivity contribution is 7.98. The van der Waals surface area contributed by atoms with E-state index in [0.29, 0.717) is 53.4 Å². The van der Waals surface area contributed by atoms with Gasteiger partial charge >= 0.3 is 0 Å². The van der Waals surface area contributed by atoms with Gasteiger partial charge in [-0.2, -0.15) is 4.98 Å². The van der Waals surface area contributed by atoms with Crippen molar-refractivity contribution in [3.8, 4) is 6.01 Å². The lowest BCUT2D eigenvalue weighted by Crippen LogP contribution is -2.18. The molecule has 0 radical (unpaired) electrons. The summed E-state index contributed by atoms with van der Waals surface area (Å²) in [5.74, 6) is 6.03. The monoisotopic (exact) mass is 1430 g/mol. The zero-order valence-corrected chi connectivity index (χ0v) is 64.3. The first-order valence-electron chi connectivity index (χ1n) is 38.9. The molecule has 23 heteroatoms. The lowest BCUT2D eigenvalue weighted by Gasteiger charge is -2.23. The Kier molecular flexibility index (Phi) is 27.3. The van der Waals surface area contributed by atoms with E-state index in [4.69, 9.17) is 14.7 Å². The maximum absolute atomic E-state index is 11.6. The molecule has 0 bridgehead atoms. The molecule has 104 heavy (non-hydrogen) atoms. The van der Waals surface area contributed by atoms with E-state index < -0.39 is 0 Å². The number of hydrogen-bond donors (Lipinski definition) is 2. The highest BCUT2D eigenvalue weighted by Gasteiger charge is 2.26. The van der Waals surface area contributed by atoms with E-state index in [1.54, 1.807) is 50.7 Å². The normalized spacial score (nSPS) is 16.4. The summed E-state index contributed by atoms with van der Waals surface area (Å²) >= 11 is 1.65. The lowest BCUT2D eigenvalue weighted by molar-refractivity contribution is -0.114. The number of amides is 1. The highest BCUT2D eigenvalue weighted by atomic mass is 32.2. The molecule has 22 nitrogen and oxygen atoms in total. The third-order valence-electron chi connectivity index (χ3n) is 21.3. The van der Waals surface area contributed by atoms with Crippen molar-refractivity contribution in [1.82, 2.24) is 72.7 Å². The van der Waals surface area contributed by atoms with Gasteiger partial charge in [-0.1, -0.05) is 108 Å². The second-order valence-electron chi connectivity index (χ2n) is 29.6. The Labute approximate surface area is 617 Å². The van der Waals surface area contributed by atoms with Crippen LogP contribution in [0.2, 0.25) is 0 Å². The van der Waals surface area contributed by atoms with Gasteiger partial charge in [0, 0.05) is 78.4 Å². The number of carbonyl (C=O) groups is 4. The summed E-state index contributed by atoms with van der Waals surface area (Å²) < 4.78 is 16.5. The number of aryl methyl sites for hydroxylation is 3. The van der Waals surface area contributed by atoms with Gasteiger partial charge in [-0.15, -0.1) is 0 Å². The van der Waals surface area contributed by atoms with Crippen LogP contribution in [-0.2, 0) is 37.5 Å². The zero-order valence-electron chi connectivity index (χ0n) is 63.4. The number of hydrogen-bond acceptors (Lipinski definition) is 17. The zero-order chi connectivity index (χ0) is 73.2. The number of anilines is 2. The third kappa shape index (κ3) is 19.9. The summed E-state index contributed by atoms with van der Waals surface area (Å²) in [7, 11) is 0. The Hall–Kier alpha value is -8.47. The molecular formula is C81H111N17O5S. The van der Waals surface area contributed by atoms with Crippen LogP contribution >= 0.6 is 11.8 Å². The van der Waals surface area contributed by atoms with Crippen molar-refractivity contribution in [2.75, 3.05) is 30.0 Å². The quantitative estimate of drug-likeness (QED) is 0.0563. The number of fused-ring (bicyclic) bond motifs is 5. The van der Waals surface area contributed by atoms with E-state index in [1.165, 1.54) is 167 Å². The second kappa shape index (κ2) is 37.0. The Balaban J connectivity index is 0.000000130. The predicted octanol–water partition coefficient (Wildman–Crippen LogP) is 18.1. The number of ether oxygens (including phenoxy) is 1. The van der Waals surface area contributed by atoms with Crippen LogP contribution in [0.1, 0.15) is 251 Å². The molecule has 0 aliphatic heterocycles. The van der Waals surface area contributed by atoms with Crippen LogP contribution in [0.3, 0.4) is 0 Å². The molecule has 0 saturated heterocycles. The Morgan fingerprint density at radius 3 is 1.13 bits per heavy atom. The first kappa shape index (κ1) is 76.7. The maximum atomic E-state index is 11.6. The van der Waals surface area contributed by atoms with Crippen LogP contribution in [0.15, 0.2) is 65.8 Å². The lowest BCUT2D eigenvalue weighted by atomic mass is 9.89. The molecule has 5 saturated carbocycles. The number of rotatable bonds is 19. The van der Waals surface area contributed by atoms with E-state index in [9.17, 15) is 19.2 Å². The number of Topliss-reactive ketones (excluding diaryl/α,β-unsaturated/α-hetero) is 3. The number of nitrogens with one attached hydrogen (secondary N) is 2. The molecule has 5 aliphatic rings. The van der Waals surface area contributed by atoms with E-state index in [1.807, 2.05) is 70.3 Å². The first-order chi connectivity index (χ1) is 50.4. The number of ketones is 3. The smallest absolute Gasteiger partial charge is 0.298 e. The molecule has 15 rings (SSSR count). The van der Waals surface area contributed by atoms with Gasteiger partial charge in [0.1, 0.15) is 50.5 Å². The molecule has 5 fully saturated rings. The first-order valence-corrected chi connectivity index (χ1v) is 40.1. The molecule has 0 unspecified atom stereocenters. The molecule has 2 N–H and O–H groups in total. The Morgan fingerprint density at radius 2 is 0.731 bits per heavy atom. The van der Waals surface area contributed by atoms with Crippen molar-refractivity contribution in [2.24, 2.45) is 29.6 Å². The molecule has 0 spiro atoms. The Morgan fingerprint density at radius 1 is 0.394 bits per heavy atom. The number of carbonyl (C=O) groups excluding carboxylic acids is 4. The largest absolute Gasteiger partial charge is 0.465 e. The molecule has 10 aromatic heterocycles. The van der Waals surface area contributed by atoms with Crippen molar-refractivity contribution in [3.63, 3.8) is 0 Å². The van der Waals surface area contributed by atoms with Gasteiger partial charge in [0.05, 0.1) is 6.61 Å². The molecule has 5 aliphatic carbocycles. The fraction of sp³-hybridized carbons (Fsp3) is 0.580. The van der Waals surface area contributed by atoms with Crippen LogP contribution in [0.25, 0.3) is 55.8 Å². The maximum Gasteiger partial charge on any atom is 0.298 e. The van der Waals surface area contributed by atoms with Gasteiger partial charge in [-0.3, -0.25) is 38.2 Å². The summed E-state index contributed by atoms with van der Waals surface area (Å²) in [4.78, 5) is 92.0. The Bertz CT molecular complexity index is 4530. The topological polar surface area (TPSA) is 255 Å². The van der Waals surface area contributed by atoms with Crippen LogP contribution in [0, 0.1) is 50.4 Å². The average Bonchev–Trinajstić information content (AvgIpc) is 1.67. The molecule has 0 atom stereocenters. The van der Waals surface area contributed by atoms with Crippen molar-refractivity contribution >= 4 is 103 Å². The minimum absolute atomic E-state index is 0.00742. The molecule has 1 amide bonds. The van der Waals surface area contributed by atoms with Gasteiger partial charge in [0.25, 0.3) is 6.01 Å². The standard InChI is InChI=1S/C17H23N3O2.C16H22N4O.C16H24N4.C16H21N3OS.C16H21N3O/c1-3-22-17-19-15-10-9-14(12(2)21)18-16(15)20(17)11-13-7-5-4-6-8-13;1-11-8-9-14-15(17-11)20(16(19-14)18-12(2)21)10-13-6-4-3-5-7-13;1-3-17-16-19-14-10-9-12(2)18-15(14)20(16)11-13-7-5-4-6-8-13;1-11(20)13-8-9-14-15(17-13)19(16(18-14)21-2)10-12-6-4-3-5-7-12;1-11(20)14-8-9-15-16(18-14)19(12(2)17-15)10-13-6-4-3-5-7-13/h9-10,13H,3-8,11H2,1-2H3;8-9,13H,3-7,10H2,1-2H3,(H,18,19,21);9-10,13H,3-8,11H2,1-2H3,(H,17,19);8-9,12H,3-7,10H2,1-2H3;8-9,13H,3-7,10H2,1-2H3. The average molecular weight is 1430 g/mol. The van der Waals surface area contributed by atoms with Crippen molar-refractivity contribution < 1.29 is 23.9 Å². The molecule has 10 heterocycles. The second-order valence-corrected chi connectivity index (χ2v) is 30.4. The minimum Gasteiger partial charge on any atom is -0.465 e. The molecular weight excluding hydrogens is 1320 g/mol. The SMILES string of the molecule is CC(=O)Nc1nc2ccc(C)nc2n1CC1CCCCC1.CC(=O)c1ccc2nc(C)n(CC3CCCCC3)c2n1.CCNc1nc2ccc(C)nc2n1CC1CCCCC1.CCOc1nc2ccc(C(C)=O)nc2n1CC1CCCCC1.CSc1nc2ccc(C(C)=O)nc2n1CC1CCCCC1. The number of imidazole rings is 5. The fourth-order valence-electron chi connectivity index (χ4n) is 15.8. The van der Waals surface area contributed by atoms with E-state index in [-0.39, 0.29) is 23.3 Å². The highest BCUT2D eigenvalue weighted by Crippen LogP contribution is 2.35. The van der Waals surface area contributed by atoms with Crippen LogP contribution in [0.4, 0.5) is 11.9 Å². The summed E-state index contributed by atoms with van der Waals surface area (Å²) in [6.07, 6.45) is 35.0. The third-order valence-corrected chi connectivity index (χ3v) is 22.0. The summed E-state index contributed by atoms with van der Waals surface area (Å²) in [6, 6.07) is 19.6. The number of nitrogens with zero attached hydrogens (tertiary/aromatic N) is 15. The number of thioether (sulfide) groups is 1. The molecule has 10 aromatic rings. The van der Waals surface area contributed by atoms with Gasteiger partial charge in [0.2, 0.25) is 17.8 Å². The van der Waals surface area contributed by atoms with E-state index in [2.05, 4.69) is 86.3 Å². The van der Waals surface area contributed by atoms with Gasteiger partial charge < -0.3 is 19.2 Å². The van der Waals surface area contributed by atoms with Gasteiger partial charge in [-0.25, -0.2) is 44.9 Å². The fourth-order valence-corrected chi connectivity index (χ4v) is 16.4. The van der Waals surface area contributed by atoms with Gasteiger partial charge in [-0.05, 0) is 195 Å². The number of pyridine rings is 5. The van der Waals surface area contributed by atoms with Crippen LogP contribution in [0.5, 0.6) is 6.01 Å². The summed E-state index contributed by atoms with van der Waals surface area (Å²) in [5, 5.41) is 7.23. The van der Waals surface area contributed by atoms with Crippen molar-refractivity contribution in [3.05, 3.63) is 95.0 Å².